The molecule has 3 atom stereocenters. The van der Waals surface area contributed by atoms with Crippen LogP contribution in [0.15, 0.2) is 22.7 Å². The highest BCUT2D eigenvalue weighted by Gasteiger charge is 2.16. The van der Waals surface area contributed by atoms with Crippen molar-refractivity contribution in [3.05, 3.63) is 28.5 Å². The summed E-state index contributed by atoms with van der Waals surface area (Å²) >= 11 is 9.70. The molecule has 0 bridgehead atoms. The Morgan fingerprint density at radius 3 is 2.75 bits per heavy atom. The molecule has 0 aliphatic heterocycles. The zero-order valence-electron chi connectivity index (χ0n) is 11.8. The van der Waals surface area contributed by atoms with E-state index in [2.05, 4.69) is 25.5 Å². The summed E-state index contributed by atoms with van der Waals surface area (Å²) in [6, 6.07) is 6.04. The van der Waals surface area contributed by atoms with Crippen LogP contribution in [0.1, 0.15) is 31.5 Å². The fraction of sp³-hybridized carbons (Fsp3) is 0.500. The molecule has 2 aromatic rings. The quantitative estimate of drug-likeness (QED) is 0.730. The number of hydrogen-bond acceptors (Lipinski definition) is 2. The minimum Gasteiger partial charge on any atom is -0.327 e. The third-order valence-electron chi connectivity index (χ3n) is 3.42. The highest BCUT2D eigenvalue weighted by atomic mass is 79.9. The number of aryl methyl sites for hydroxylation is 1. The van der Waals surface area contributed by atoms with Crippen molar-refractivity contribution in [3.63, 3.8) is 0 Å². The Kier molecular flexibility index (Phi) is 5.26. The highest BCUT2D eigenvalue weighted by molar-refractivity contribution is 9.10. The van der Waals surface area contributed by atoms with Gasteiger partial charge in [-0.05, 0) is 31.5 Å². The van der Waals surface area contributed by atoms with Crippen molar-refractivity contribution < 1.29 is 4.21 Å². The first-order valence-electron chi connectivity index (χ1n) is 6.52. The fourth-order valence-corrected chi connectivity index (χ4v) is 3.09. The van der Waals surface area contributed by atoms with Gasteiger partial charge in [-0.1, -0.05) is 22.9 Å². The Balaban J connectivity index is 2.38. The van der Waals surface area contributed by atoms with Gasteiger partial charge in [-0.2, -0.15) is 0 Å². The zero-order valence-corrected chi connectivity index (χ0v) is 14.9. The maximum absolute atomic E-state index is 11.5. The van der Waals surface area contributed by atoms with Crippen LogP contribution in [0.2, 0.25) is 0 Å². The summed E-state index contributed by atoms with van der Waals surface area (Å²) in [6.07, 6.45) is 2.60. The van der Waals surface area contributed by atoms with Gasteiger partial charge >= 0.3 is 0 Å². The van der Waals surface area contributed by atoms with Gasteiger partial charge in [-0.15, -0.1) is 11.6 Å². The monoisotopic (exact) mass is 376 g/mol. The molecule has 20 heavy (non-hydrogen) atoms. The summed E-state index contributed by atoms with van der Waals surface area (Å²) in [5.41, 5.74) is 2.01. The maximum Gasteiger partial charge on any atom is 0.127 e. The molecule has 0 amide bonds. The van der Waals surface area contributed by atoms with E-state index in [0.717, 1.165) is 34.3 Å². The fourth-order valence-electron chi connectivity index (χ4n) is 2.14. The largest absolute Gasteiger partial charge is 0.327 e. The zero-order chi connectivity index (χ0) is 14.9. The Labute approximate surface area is 135 Å². The number of alkyl halides is 1. The van der Waals surface area contributed by atoms with Gasteiger partial charge in [0.2, 0.25) is 0 Å². The van der Waals surface area contributed by atoms with Crippen LogP contribution < -0.4 is 0 Å². The average Bonchev–Trinajstić information content (AvgIpc) is 2.73. The number of rotatable bonds is 5. The number of halogens is 2. The molecule has 0 aliphatic carbocycles. The lowest BCUT2D eigenvalue weighted by molar-refractivity contribution is 0.608. The van der Waals surface area contributed by atoms with E-state index in [1.807, 2.05) is 32.0 Å². The summed E-state index contributed by atoms with van der Waals surface area (Å²) in [5.74, 6) is 0.869. The standard InChI is InChI=1S/C14H18BrClN2OS/c1-9(20(3)19)6-7-18-13-5-4-11(15)8-12(13)17-14(18)10(2)16/h4-5,8-10H,6-7H2,1-3H3. The first-order chi connectivity index (χ1) is 9.40. The molecule has 1 heterocycles. The summed E-state index contributed by atoms with van der Waals surface area (Å²) in [6.45, 7) is 4.72. The molecule has 3 nitrogen and oxygen atoms in total. The lowest BCUT2D eigenvalue weighted by Gasteiger charge is -2.13. The maximum atomic E-state index is 11.5. The molecule has 3 unspecified atom stereocenters. The average molecular weight is 378 g/mol. The molecular formula is C14H18BrClN2OS. The van der Waals surface area contributed by atoms with Gasteiger partial charge in [0.25, 0.3) is 0 Å². The molecule has 1 aromatic heterocycles. The van der Waals surface area contributed by atoms with Crippen molar-refractivity contribution in [3.8, 4) is 0 Å². The number of imidazole rings is 1. The first-order valence-corrected chi connectivity index (χ1v) is 9.37. The molecule has 0 N–H and O–H groups in total. The van der Waals surface area contributed by atoms with Gasteiger partial charge in [-0.25, -0.2) is 4.98 Å². The Morgan fingerprint density at radius 1 is 1.45 bits per heavy atom. The van der Waals surface area contributed by atoms with Gasteiger partial charge in [0.1, 0.15) is 5.82 Å². The summed E-state index contributed by atoms with van der Waals surface area (Å²) in [4.78, 5) is 4.62. The summed E-state index contributed by atoms with van der Waals surface area (Å²) < 4.78 is 14.6. The summed E-state index contributed by atoms with van der Waals surface area (Å²) in [7, 11) is -0.801. The topological polar surface area (TPSA) is 34.9 Å². The molecule has 6 heteroatoms. The molecule has 1 aromatic carbocycles. The molecular weight excluding hydrogens is 360 g/mol. The van der Waals surface area contributed by atoms with Gasteiger partial charge in [-0.3, -0.25) is 4.21 Å². The van der Waals surface area contributed by atoms with E-state index in [-0.39, 0.29) is 10.6 Å². The second-order valence-corrected chi connectivity index (χ2v) is 8.34. The molecule has 0 saturated carbocycles. The van der Waals surface area contributed by atoms with Gasteiger partial charge in [0, 0.05) is 33.3 Å². The third kappa shape index (κ3) is 3.43. The summed E-state index contributed by atoms with van der Waals surface area (Å²) in [5, 5.41) is 0.0185. The van der Waals surface area contributed by atoms with Crippen LogP contribution in [-0.4, -0.2) is 25.3 Å². The smallest absolute Gasteiger partial charge is 0.127 e. The van der Waals surface area contributed by atoms with E-state index in [0.29, 0.717) is 0 Å². The number of aromatic nitrogens is 2. The SMILES string of the molecule is CC(Cl)c1nc2cc(Br)ccc2n1CCC(C)S(C)=O. The molecule has 0 radical (unpaired) electrons. The van der Waals surface area contributed by atoms with E-state index in [9.17, 15) is 4.21 Å². The van der Waals surface area contributed by atoms with Crippen LogP contribution in [0.25, 0.3) is 11.0 Å². The number of hydrogen-bond donors (Lipinski definition) is 0. The van der Waals surface area contributed by atoms with E-state index in [4.69, 9.17) is 11.6 Å². The van der Waals surface area contributed by atoms with Crippen molar-refractivity contribution in [1.82, 2.24) is 9.55 Å². The van der Waals surface area contributed by atoms with Crippen molar-refractivity contribution in [1.29, 1.82) is 0 Å². The minimum atomic E-state index is -0.801. The molecule has 0 aliphatic rings. The molecule has 0 spiro atoms. The molecule has 110 valence electrons. The minimum absolute atomic E-state index is 0.149. The van der Waals surface area contributed by atoms with E-state index < -0.39 is 10.8 Å². The normalized spacial score (nSPS) is 16.2. The van der Waals surface area contributed by atoms with Crippen LogP contribution in [0, 0.1) is 0 Å². The van der Waals surface area contributed by atoms with E-state index in [1.165, 1.54) is 0 Å². The number of fused-ring (bicyclic) bond motifs is 1. The van der Waals surface area contributed by atoms with Crippen LogP contribution in [0.5, 0.6) is 0 Å². The lowest BCUT2D eigenvalue weighted by Crippen LogP contribution is -2.14. The van der Waals surface area contributed by atoms with Crippen LogP contribution in [0.4, 0.5) is 0 Å². The van der Waals surface area contributed by atoms with Crippen LogP contribution >= 0.6 is 27.5 Å². The van der Waals surface area contributed by atoms with Crippen molar-refractivity contribution in [2.45, 2.75) is 37.4 Å². The van der Waals surface area contributed by atoms with Crippen LogP contribution in [-0.2, 0) is 17.3 Å². The van der Waals surface area contributed by atoms with Crippen molar-refractivity contribution in [2.75, 3.05) is 6.26 Å². The number of benzene rings is 1. The highest BCUT2D eigenvalue weighted by Crippen LogP contribution is 2.27. The van der Waals surface area contributed by atoms with Gasteiger partial charge < -0.3 is 4.57 Å². The molecule has 0 fully saturated rings. The second kappa shape index (κ2) is 6.58. The Morgan fingerprint density at radius 2 is 2.15 bits per heavy atom. The Bertz CT molecular complexity index is 641. The van der Waals surface area contributed by atoms with Crippen molar-refractivity contribution in [2.24, 2.45) is 0 Å². The Hall–Kier alpha value is -0.390. The van der Waals surface area contributed by atoms with Crippen LogP contribution in [0.3, 0.4) is 0 Å². The van der Waals surface area contributed by atoms with Crippen molar-refractivity contribution >= 4 is 49.4 Å². The van der Waals surface area contributed by atoms with E-state index >= 15 is 0 Å². The van der Waals surface area contributed by atoms with Gasteiger partial charge in [0.15, 0.2) is 0 Å². The lowest BCUT2D eigenvalue weighted by atomic mass is 10.3. The predicted molar refractivity (Wildman–Crippen MR) is 89.8 cm³/mol. The second-order valence-electron chi connectivity index (χ2n) is 4.97. The van der Waals surface area contributed by atoms with Gasteiger partial charge in [0.05, 0.1) is 16.4 Å². The molecule has 2 rings (SSSR count). The third-order valence-corrected chi connectivity index (χ3v) is 5.48. The number of nitrogens with zero attached hydrogens (tertiary/aromatic N) is 2. The molecule has 0 saturated heterocycles. The predicted octanol–water partition coefficient (Wildman–Crippen LogP) is 4.26. The van der Waals surface area contributed by atoms with E-state index in [1.54, 1.807) is 6.26 Å². The first kappa shape index (κ1) is 16.0.